The summed E-state index contributed by atoms with van der Waals surface area (Å²) in [6.07, 6.45) is 13.0. The van der Waals surface area contributed by atoms with Crippen molar-refractivity contribution in [2.75, 3.05) is 0 Å². The maximum atomic E-state index is 2.35. The van der Waals surface area contributed by atoms with Crippen LogP contribution in [-0.2, 0) is 0 Å². The van der Waals surface area contributed by atoms with Crippen molar-refractivity contribution in [3.8, 4) is 0 Å². The maximum absolute atomic E-state index is 2.35. The molecule has 0 saturated carbocycles. The molecule has 1 atom stereocenters. The van der Waals surface area contributed by atoms with Gasteiger partial charge in [-0.3, -0.25) is 0 Å². The lowest BCUT2D eigenvalue weighted by atomic mass is 9.87. The Morgan fingerprint density at radius 2 is 2.00 bits per heavy atom. The fraction of sp³-hybridized carbons (Fsp3) is 0.636. The third-order valence-corrected chi connectivity index (χ3v) is 2.39. The highest BCUT2D eigenvalue weighted by molar-refractivity contribution is 5.09. The van der Waals surface area contributed by atoms with E-state index in [1.807, 2.05) is 0 Å². The van der Waals surface area contributed by atoms with Gasteiger partial charge in [-0.15, -0.1) is 0 Å². The summed E-state index contributed by atoms with van der Waals surface area (Å²) in [4.78, 5) is 0. The Kier molecular flexibility index (Phi) is 3.41. The molecule has 0 bridgehead atoms. The quantitative estimate of drug-likeness (QED) is 0.540. The molecule has 0 nitrogen and oxygen atoms in total. The minimum Gasteiger partial charge on any atom is -0.0841 e. The van der Waals surface area contributed by atoms with E-state index in [4.69, 9.17) is 0 Å². The summed E-state index contributed by atoms with van der Waals surface area (Å²) in [5.74, 6) is 1.54. The minimum absolute atomic E-state index is 0.712. The lowest BCUT2D eigenvalue weighted by molar-refractivity contribution is 0.453. The van der Waals surface area contributed by atoms with Gasteiger partial charge in [0.25, 0.3) is 0 Å². The molecular formula is C11H18. The van der Waals surface area contributed by atoms with Crippen LogP contribution < -0.4 is 0 Å². The molecule has 1 aliphatic carbocycles. The van der Waals surface area contributed by atoms with E-state index < -0.39 is 0 Å². The van der Waals surface area contributed by atoms with Crippen molar-refractivity contribution in [1.29, 1.82) is 0 Å². The number of hydrogen-bond donors (Lipinski definition) is 0. The van der Waals surface area contributed by atoms with Gasteiger partial charge in [-0.1, -0.05) is 51.0 Å². The van der Waals surface area contributed by atoms with Crippen molar-refractivity contribution in [2.24, 2.45) is 11.8 Å². The van der Waals surface area contributed by atoms with E-state index in [0.29, 0.717) is 5.92 Å². The van der Waals surface area contributed by atoms with Crippen molar-refractivity contribution in [2.45, 2.75) is 33.1 Å². The van der Waals surface area contributed by atoms with Gasteiger partial charge in [0.05, 0.1) is 0 Å². The average Bonchev–Trinajstić information content (AvgIpc) is 2.07. The molecule has 1 aliphatic rings. The highest BCUT2D eigenvalue weighted by Gasteiger charge is 2.10. The first-order valence-electron chi connectivity index (χ1n) is 4.68. The first kappa shape index (κ1) is 8.58. The summed E-state index contributed by atoms with van der Waals surface area (Å²) < 4.78 is 0. The van der Waals surface area contributed by atoms with Crippen molar-refractivity contribution in [1.82, 2.24) is 0 Å². The second kappa shape index (κ2) is 4.38. The van der Waals surface area contributed by atoms with E-state index in [-0.39, 0.29) is 0 Å². The molecular weight excluding hydrogens is 132 g/mol. The Hall–Kier alpha value is -0.520. The van der Waals surface area contributed by atoms with Crippen molar-refractivity contribution in [3.05, 3.63) is 24.3 Å². The van der Waals surface area contributed by atoms with E-state index >= 15 is 0 Å². The molecule has 0 amide bonds. The summed E-state index contributed by atoms with van der Waals surface area (Å²) >= 11 is 0. The topological polar surface area (TPSA) is 0 Å². The molecule has 0 fully saturated rings. The molecule has 62 valence electrons. The number of allylic oxidation sites excluding steroid dienone is 4. The molecule has 0 aliphatic heterocycles. The molecule has 0 N–H and O–H groups in total. The summed E-state index contributed by atoms with van der Waals surface area (Å²) in [6, 6.07) is 0. The molecule has 11 heavy (non-hydrogen) atoms. The van der Waals surface area contributed by atoms with Gasteiger partial charge in [0, 0.05) is 0 Å². The van der Waals surface area contributed by atoms with Crippen LogP contribution >= 0.6 is 0 Å². The second-order valence-electron chi connectivity index (χ2n) is 3.44. The van der Waals surface area contributed by atoms with Gasteiger partial charge in [-0.05, 0) is 18.3 Å². The molecule has 1 unspecified atom stereocenters. The highest BCUT2D eigenvalue weighted by atomic mass is 14.2. The Morgan fingerprint density at radius 1 is 1.36 bits per heavy atom. The molecule has 0 aromatic rings. The van der Waals surface area contributed by atoms with Crippen LogP contribution in [0.4, 0.5) is 0 Å². The standard InChI is InChI=1S/C11H18/c1-3-7-10(2)11-8-5-4-6-9-11/h5-6,8-11H,3-4,7H2,1-2H3. The van der Waals surface area contributed by atoms with Crippen LogP contribution in [0.1, 0.15) is 33.1 Å². The smallest absolute Gasteiger partial charge is 0.00276 e. The molecule has 0 spiro atoms. The predicted octanol–water partition coefficient (Wildman–Crippen LogP) is 3.55. The molecule has 0 saturated heterocycles. The van der Waals surface area contributed by atoms with E-state index in [1.54, 1.807) is 0 Å². The normalized spacial score (nSPS) is 20.5. The van der Waals surface area contributed by atoms with E-state index in [0.717, 1.165) is 12.3 Å². The molecule has 0 aromatic carbocycles. The summed E-state index contributed by atoms with van der Waals surface area (Å²) in [5, 5.41) is 0. The SMILES string of the molecule is CCCC(C)C1C=CCC=C1. The Morgan fingerprint density at radius 3 is 2.55 bits per heavy atom. The largest absolute Gasteiger partial charge is 0.0841 e. The van der Waals surface area contributed by atoms with Gasteiger partial charge in [-0.2, -0.15) is 0 Å². The molecule has 0 heteroatoms. The zero-order valence-corrected chi connectivity index (χ0v) is 7.59. The summed E-state index contributed by atoms with van der Waals surface area (Å²) in [5.41, 5.74) is 0. The average molecular weight is 150 g/mol. The maximum Gasteiger partial charge on any atom is -0.00276 e. The van der Waals surface area contributed by atoms with E-state index in [9.17, 15) is 0 Å². The third kappa shape index (κ3) is 2.53. The third-order valence-electron chi connectivity index (χ3n) is 2.39. The van der Waals surface area contributed by atoms with Crippen LogP contribution in [-0.4, -0.2) is 0 Å². The molecule has 0 heterocycles. The number of rotatable bonds is 3. The second-order valence-corrected chi connectivity index (χ2v) is 3.44. The Labute approximate surface area is 70.0 Å². The zero-order chi connectivity index (χ0) is 8.10. The van der Waals surface area contributed by atoms with Crippen molar-refractivity contribution in [3.63, 3.8) is 0 Å². The fourth-order valence-electron chi connectivity index (χ4n) is 1.64. The van der Waals surface area contributed by atoms with Gasteiger partial charge in [0.1, 0.15) is 0 Å². The van der Waals surface area contributed by atoms with Crippen LogP contribution in [0.25, 0.3) is 0 Å². The van der Waals surface area contributed by atoms with Gasteiger partial charge in [0.15, 0.2) is 0 Å². The first-order valence-corrected chi connectivity index (χ1v) is 4.68. The summed E-state index contributed by atoms with van der Waals surface area (Å²) in [6.45, 7) is 4.60. The molecule has 0 radical (unpaired) electrons. The lowest BCUT2D eigenvalue weighted by Gasteiger charge is -2.18. The van der Waals surface area contributed by atoms with Crippen molar-refractivity contribution >= 4 is 0 Å². The van der Waals surface area contributed by atoms with Crippen LogP contribution in [0, 0.1) is 11.8 Å². The molecule has 0 aromatic heterocycles. The first-order chi connectivity index (χ1) is 5.34. The van der Waals surface area contributed by atoms with Crippen LogP contribution in [0.3, 0.4) is 0 Å². The molecule has 1 rings (SSSR count). The van der Waals surface area contributed by atoms with Crippen molar-refractivity contribution < 1.29 is 0 Å². The Bertz CT molecular complexity index is 141. The van der Waals surface area contributed by atoms with Crippen LogP contribution in [0.2, 0.25) is 0 Å². The van der Waals surface area contributed by atoms with Gasteiger partial charge in [0.2, 0.25) is 0 Å². The minimum atomic E-state index is 0.712. The lowest BCUT2D eigenvalue weighted by Crippen LogP contribution is -2.07. The Balaban J connectivity index is 2.39. The number of hydrogen-bond acceptors (Lipinski definition) is 0. The van der Waals surface area contributed by atoms with Gasteiger partial charge in [-0.25, -0.2) is 0 Å². The van der Waals surface area contributed by atoms with E-state index in [1.165, 1.54) is 12.8 Å². The highest BCUT2D eigenvalue weighted by Crippen LogP contribution is 2.22. The van der Waals surface area contributed by atoms with Gasteiger partial charge >= 0.3 is 0 Å². The summed E-state index contributed by atoms with van der Waals surface area (Å²) in [7, 11) is 0. The zero-order valence-electron chi connectivity index (χ0n) is 7.59. The van der Waals surface area contributed by atoms with Crippen LogP contribution in [0.15, 0.2) is 24.3 Å². The van der Waals surface area contributed by atoms with Gasteiger partial charge < -0.3 is 0 Å². The monoisotopic (exact) mass is 150 g/mol. The fourth-order valence-corrected chi connectivity index (χ4v) is 1.64. The van der Waals surface area contributed by atoms with E-state index in [2.05, 4.69) is 38.2 Å². The van der Waals surface area contributed by atoms with Crippen LogP contribution in [0.5, 0.6) is 0 Å². The predicted molar refractivity (Wildman–Crippen MR) is 50.5 cm³/mol.